The van der Waals surface area contributed by atoms with Crippen LogP contribution in [0.15, 0.2) is 114 Å². The van der Waals surface area contributed by atoms with E-state index in [0.29, 0.717) is 11.8 Å². The van der Waals surface area contributed by atoms with Crippen LogP contribution in [0.25, 0.3) is 55.6 Å². The first-order valence-corrected chi connectivity index (χ1v) is 29.4. The van der Waals surface area contributed by atoms with Crippen LogP contribution in [0, 0.1) is 18.1 Å². The molecule has 0 aliphatic heterocycles. The Bertz CT molecular complexity index is 2300. The molecule has 7 aromatic rings. The Balaban J connectivity index is 0.000000223. The molecule has 0 bridgehead atoms. The number of hydrogen-bond acceptors (Lipinski definition) is 3. The smallest absolute Gasteiger partial charge is 0 e. The zero-order chi connectivity index (χ0) is 37.2. The summed E-state index contributed by atoms with van der Waals surface area (Å²) in [7, 11) is -1.34. The maximum absolute atomic E-state index is 6.42. The normalized spacial score (nSPS) is 11.8. The van der Waals surface area contributed by atoms with Crippen molar-refractivity contribution in [2.75, 3.05) is 0 Å². The van der Waals surface area contributed by atoms with E-state index in [1.54, 1.807) is 0 Å². The van der Waals surface area contributed by atoms with Crippen LogP contribution in [-0.4, -0.2) is 31.3 Å². The van der Waals surface area contributed by atoms with Gasteiger partial charge in [-0.25, -0.2) is 0 Å². The van der Waals surface area contributed by atoms with Crippen LogP contribution in [-0.2, 0) is 26.5 Å². The first-order valence-electron chi connectivity index (χ1n) is 18.6. The molecule has 0 aliphatic carbocycles. The van der Waals surface area contributed by atoms with E-state index >= 15 is 0 Å². The second-order valence-corrected chi connectivity index (χ2v) is 32.4. The van der Waals surface area contributed by atoms with Crippen LogP contribution < -0.4 is 9.58 Å². The minimum absolute atomic E-state index is 0. The average Bonchev–Trinajstić information content (AvgIpc) is 3.49. The summed E-state index contributed by atoms with van der Waals surface area (Å²) in [6.07, 6.45) is 5.12. The fraction of sp³-hybridized carbons (Fsp3) is 0.277. The fourth-order valence-corrected chi connectivity index (χ4v) is 10.7. The Kier molecular flexibility index (Phi) is 12.9. The van der Waals surface area contributed by atoms with Gasteiger partial charge in [-0.3, -0.25) is 0 Å². The Morgan fingerprint density at radius 1 is 0.736 bits per heavy atom. The van der Waals surface area contributed by atoms with Crippen molar-refractivity contribution < 1.29 is 24.5 Å². The Morgan fingerprint density at radius 3 is 2.11 bits per heavy atom. The Morgan fingerprint density at radius 2 is 1.47 bits per heavy atom. The molecule has 3 nitrogen and oxygen atoms in total. The van der Waals surface area contributed by atoms with Gasteiger partial charge in [0.25, 0.3) is 0 Å². The molecular formula is C47H52GeIrN2OSi-2. The molecule has 0 aliphatic rings. The van der Waals surface area contributed by atoms with Gasteiger partial charge in [-0.2, -0.15) is 0 Å². The average molecular weight is 954 g/mol. The van der Waals surface area contributed by atoms with Crippen LogP contribution in [0.5, 0.6) is 0 Å². The molecule has 0 saturated carbocycles. The van der Waals surface area contributed by atoms with Crippen molar-refractivity contribution in [1.82, 2.24) is 9.97 Å². The molecule has 53 heavy (non-hydrogen) atoms. The summed E-state index contributed by atoms with van der Waals surface area (Å²) >= 11 is -1.81. The zero-order valence-electron chi connectivity index (χ0n) is 32.9. The molecule has 4 aromatic carbocycles. The molecule has 0 spiro atoms. The summed E-state index contributed by atoms with van der Waals surface area (Å²) in [6.45, 7) is 16.1. The molecule has 1 radical (unpaired) electrons. The third-order valence-electron chi connectivity index (χ3n) is 9.64. The van der Waals surface area contributed by atoms with Crippen molar-refractivity contribution >= 4 is 52.9 Å². The molecule has 0 atom stereocenters. The molecule has 6 heteroatoms. The Hall–Kier alpha value is -3.61. The van der Waals surface area contributed by atoms with E-state index in [1.807, 2.05) is 30.5 Å². The molecule has 3 aromatic heterocycles. The van der Waals surface area contributed by atoms with Crippen molar-refractivity contribution in [1.29, 1.82) is 0 Å². The zero-order valence-corrected chi connectivity index (χ0v) is 38.4. The fourth-order valence-electron chi connectivity index (χ4n) is 6.70. The van der Waals surface area contributed by atoms with Gasteiger partial charge in [-0.1, -0.05) is 64.5 Å². The molecular weight excluding hydrogens is 901 g/mol. The SMILES string of the molecule is CC(C)Cc1cc(-c2[c-]cccc2)ncc1[Si](C)(C)C.CC(C)c1ccnc(-c2[c-]ccc3c2oc2cc(-c4cc[c]([Ge]([CH3])([CH3])[CH3])cc4)ccc23)c1.[Ir]. The van der Waals surface area contributed by atoms with Gasteiger partial charge in [-0.05, 0) is 35.2 Å². The van der Waals surface area contributed by atoms with Gasteiger partial charge in [-0.15, -0.1) is 35.9 Å². The summed E-state index contributed by atoms with van der Waals surface area (Å²) in [4.78, 5) is 9.31. The van der Waals surface area contributed by atoms with E-state index in [2.05, 4.69) is 166 Å². The topological polar surface area (TPSA) is 38.9 Å². The van der Waals surface area contributed by atoms with Crippen LogP contribution in [0.2, 0.25) is 36.9 Å². The molecule has 0 saturated heterocycles. The van der Waals surface area contributed by atoms with Crippen LogP contribution in [0.4, 0.5) is 0 Å². The summed E-state index contributed by atoms with van der Waals surface area (Å²) in [5, 5.41) is 3.72. The van der Waals surface area contributed by atoms with Gasteiger partial charge in [0.1, 0.15) is 0 Å². The summed E-state index contributed by atoms with van der Waals surface area (Å²) in [5.41, 5.74) is 10.8. The van der Waals surface area contributed by atoms with E-state index in [4.69, 9.17) is 4.42 Å². The summed E-state index contributed by atoms with van der Waals surface area (Å²) in [6, 6.07) is 40.9. The number of nitrogens with zero attached hydrogens (tertiary/aromatic N) is 2. The minimum Gasteiger partial charge on any atom is 0 e. The van der Waals surface area contributed by atoms with Gasteiger partial charge in [0, 0.05) is 32.5 Å². The molecule has 7 rings (SSSR count). The quantitative estimate of drug-likeness (QED) is 0.113. The van der Waals surface area contributed by atoms with E-state index < -0.39 is 21.3 Å². The second kappa shape index (κ2) is 16.8. The number of fused-ring (bicyclic) bond motifs is 3. The van der Waals surface area contributed by atoms with Gasteiger partial charge < -0.3 is 4.98 Å². The standard InChI is InChI=1S/C29H28GeNO.C18H24NSi.Ir/c1-19(2)21-15-16-31-27(17-21)26-8-6-7-25-24-14-11-22(18-28(24)32-29(25)26)20-9-12-23(13-10-20)30(3,4)5;1-14(2)11-16-12-17(15-9-7-6-8-10-15)19-13-18(16)20(3,4)5;/h6-7,9-19H,1-5H3;6-9,12-14H,11H2,1-5H3;/q2*-1;. The number of benzene rings is 4. The Labute approximate surface area is 334 Å². The number of hydrogen-bond donors (Lipinski definition) is 0. The number of pyridine rings is 2. The third kappa shape index (κ3) is 9.56. The predicted octanol–water partition coefficient (Wildman–Crippen LogP) is 12.1. The van der Waals surface area contributed by atoms with Crippen LogP contribution in [0.3, 0.4) is 0 Å². The number of rotatable bonds is 8. The molecule has 0 unspecified atom stereocenters. The first-order chi connectivity index (χ1) is 24.7. The van der Waals surface area contributed by atoms with E-state index in [1.165, 1.54) is 31.8 Å². The molecule has 0 amide bonds. The van der Waals surface area contributed by atoms with Gasteiger partial charge in [0.15, 0.2) is 0 Å². The van der Waals surface area contributed by atoms with E-state index in [9.17, 15) is 0 Å². The maximum atomic E-state index is 6.42. The third-order valence-corrected chi connectivity index (χ3v) is 16.0. The predicted molar refractivity (Wildman–Crippen MR) is 228 cm³/mol. The molecule has 275 valence electrons. The summed E-state index contributed by atoms with van der Waals surface area (Å²) < 4.78 is 7.94. The molecule has 3 heterocycles. The van der Waals surface area contributed by atoms with Crippen molar-refractivity contribution in [3.05, 3.63) is 133 Å². The van der Waals surface area contributed by atoms with Crippen molar-refractivity contribution in [3.8, 4) is 33.6 Å². The van der Waals surface area contributed by atoms with Crippen LogP contribution in [0.1, 0.15) is 44.7 Å². The van der Waals surface area contributed by atoms with Crippen LogP contribution >= 0.6 is 0 Å². The monoisotopic (exact) mass is 955 g/mol. The van der Waals surface area contributed by atoms with E-state index in [-0.39, 0.29) is 20.1 Å². The summed E-state index contributed by atoms with van der Waals surface area (Å²) in [5.74, 6) is 8.39. The molecule has 0 N–H and O–H groups in total. The van der Waals surface area contributed by atoms with Crippen molar-refractivity contribution in [3.63, 3.8) is 0 Å². The number of furan rings is 1. The number of aromatic nitrogens is 2. The van der Waals surface area contributed by atoms with Gasteiger partial charge >= 0.3 is 155 Å². The van der Waals surface area contributed by atoms with Gasteiger partial charge in [0.2, 0.25) is 0 Å². The van der Waals surface area contributed by atoms with E-state index in [0.717, 1.165) is 50.9 Å². The van der Waals surface area contributed by atoms with Crippen molar-refractivity contribution in [2.24, 2.45) is 5.92 Å². The first kappa shape index (κ1) is 40.6. The van der Waals surface area contributed by atoms with Crippen molar-refractivity contribution in [2.45, 2.75) is 76.9 Å². The second-order valence-electron chi connectivity index (χ2n) is 16.7. The minimum atomic E-state index is -1.81. The van der Waals surface area contributed by atoms with Gasteiger partial charge in [0.05, 0.1) is 8.07 Å². The molecule has 0 fully saturated rings.